The SMILES string of the molecule is Cc1cc([N+](=O)[O-])ccc1-c1ccc(C=C(C#N)C(=O)Nc2ccc(Cl)cc2)o1. The maximum absolute atomic E-state index is 12.3. The maximum Gasteiger partial charge on any atom is 0.269 e. The highest BCUT2D eigenvalue weighted by molar-refractivity contribution is 6.30. The Balaban J connectivity index is 1.82. The van der Waals surface area contributed by atoms with E-state index in [1.165, 1.54) is 18.2 Å². The van der Waals surface area contributed by atoms with E-state index in [-0.39, 0.29) is 11.3 Å². The number of nitrogens with one attached hydrogen (secondary N) is 1. The van der Waals surface area contributed by atoms with Crippen LogP contribution in [0.3, 0.4) is 0 Å². The lowest BCUT2D eigenvalue weighted by atomic mass is 10.1. The van der Waals surface area contributed by atoms with Gasteiger partial charge in [0, 0.05) is 34.5 Å². The minimum Gasteiger partial charge on any atom is -0.457 e. The Kier molecular flexibility index (Phi) is 5.77. The summed E-state index contributed by atoms with van der Waals surface area (Å²) in [5, 5.41) is 23.3. The summed E-state index contributed by atoms with van der Waals surface area (Å²) in [6.45, 7) is 1.74. The summed E-state index contributed by atoms with van der Waals surface area (Å²) < 4.78 is 5.70. The topological polar surface area (TPSA) is 109 Å². The molecule has 0 aliphatic rings. The smallest absolute Gasteiger partial charge is 0.269 e. The van der Waals surface area contributed by atoms with Gasteiger partial charge in [0.15, 0.2) is 0 Å². The number of halogens is 1. The zero-order chi connectivity index (χ0) is 21.0. The summed E-state index contributed by atoms with van der Waals surface area (Å²) in [5.74, 6) is 0.193. The highest BCUT2D eigenvalue weighted by Gasteiger charge is 2.14. The van der Waals surface area contributed by atoms with Gasteiger partial charge in [0.1, 0.15) is 23.2 Å². The number of non-ortho nitro benzene ring substituents is 1. The van der Waals surface area contributed by atoms with Crippen LogP contribution < -0.4 is 5.32 Å². The van der Waals surface area contributed by atoms with Gasteiger partial charge in [-0.2, -0.15) is 5.26 Å². The highest BCUT2D eigenvalue weighted by Crippen LogP contribution is 2.29. The van der Waals surface area contributed by atoms with Crippen molar-refractivity contribution in [2.75, 3.05) is 5.32 Å². The van der Waals surface area contributed by atoms with Crippen LogP contribution in [0.2, 0.25) is 5.02 Å². The van der Waals surface area contributed by atoms with Crippen molar-refractivity contribution in [3.05, 3.63) is 86.6 Å². The summed E-state index contributed by atoms with van der Waals surface area (Å²) in [4.78, 5) is 22.7. The maximum atomic E-state index is 12.3. The number of furan rings is 1. The Labute approximate surface area is 171 Å². The van der Waals surface area contributed by atoms with Crippen molar-refractivity contribution in [1.82, 2.24) is 0 Å². The first-order valence-corrected chi connectivity index (χ1v) is 8.79. The Hall–Kier alpha value is -3.89. The molecular weight excluding hydrogens is 394 g/mol. The lowest BCUT2D eigenvalue weighted by Crippen LogP contribution is -2.13. The number of nitriles is 1. The molecule has 0 aliphatic heterocycles. The Morgan fingerprint density at radius 1 is 1.21 bits per heavy atom. The molecule has 8 heteroatoms. The van der Waals surface area contributed by atoms with E-state index in [1.54, 1.807) is 49.4 Å². The molecule has 7 nitrogen and oxygen atoms in total. The summed E-state index contributed by atoms with van der Waals surface area (Å²) in [6.07, 6.45) is 1.33. The molecule has 144 valence electrons. The molecule has 1 amide bonds. The van der Waals surface area contributed by atoms with Crippen LogP contribution in [0.15, 0.2) is 64.6 Å². The molecule has 0 bridgehead atoms. The third kappa shape index (κ3) is 4.69. The first kappa shape index (κ1) is 19.9. The number of nitrogens with zero attached hydrogens (tertiary/aromatic N) is 2. The van der Waals surface area contributed by atoms with Crippen molar-refractivity contribution >= 4 is 35.0 Å². The van der Waals surface area contributed by atoms with E-state index in [4.69, 9.17) is 16.0 Å². The molecule has 29 heavy (non-hydrogen) atoms. The third-order valence-corrected chi connectivity index (χ3v) is 4.32. The molecule has 1 aromatic heterocycles. The Bertz CT molecular complexity index is 1160. The Morgan fingerprint density at radius 2 is 1.93 bits per heavy atom. The summed E-state index contributed by atoms with van der Waals surface area (Å²) in [6, 6.07) is 16.1. The molecule has 3 rings (SSSR count). The molecule has 3 aromatic rings. The zero-order valence-electron chi connectivity index (χ0n) is 15.2. The number of carbonyl (C=O) groups is 1. The number of carbonyl (C=O) groups excluding carboxylic acids is 1. The molecule has 0 aliphatic carbocycles. The van der Waals surface area contributed by atoms with Crippen molar-refractivity contribution in [3.63, 3.8) is 0 Å². The van der Waals surface area contributed by atoms with Gasteiger partial charge in [-0.05, 0) is 55.0 Å². The molecule has 1 N–H and O–H groups in total. The molecule has 0 radical (unpaired) electrons. The molecule has 0 fully saturated rings. The number of hydrogen-bond donors (Lipinski definition) is 1. The summed E-state index contributed by atoms with van der Waals surface area (Å²) in [5.41, 5.74) is 1.71. The van der Waals surface area contributed by atoms with Gasteiger partial charge in [0.05, 0.1) is 4.92 Å². The summed E-state index contributed by atoms with van der Waals surface area (Å²) >= 11 is 5.81. The van der Waals surface area contributed by atoms with E-state index < -0.39 is 10.8 Å². The van der Waals surface area contributed by atoms with Crippen LogP contribution >= 0.6 is 11.6 Å². The van der Waals surface area contributed by atoms with Crippen molar-refractivity contribution in [1.29, 1.82) is 5.26 Å². The number of nitro benzene ring substituents is 1. The number of hydrogen-bond acceptors (Lipinski definition) is 5. The van der Waals surface area contributed by atoms with Gasteiger partial charge >= 0.3 is 0 Å². The number of benzene rings is 2. The fourth-order valence-corrected chi connectivity index (χ4v) is 2.76. The second-order valence-corrected chi connectivity index (χ2v) is 6.53. The van der Waals surface area contributed by atoms with Crippen LogP contribution in [0.4, 0.5) is 11.4 Å². The second kappa shape index (κ2) is 8.42. The number of nitro groups is 1. The Morgan fingerprint density at radius 3 is 2.55 bits per heavy atom. The highest BCUT2D eigenvalue weighted by atomic mass is 35.5. The minimum atomic E-state index is -0.584. The molecular formula is C21H14ClN3O4. The monoisotopic (exact) mass is 407 g/mol. The number of rotatable bonds is 5. The predicted molar refractivity (Wildman–Crippen MR) is 109 cm³/mol. The normalized spacial score (nSPS) is 11.0. The fraction of sp³-hybridized carbons (Fsp3) is 0.0476. The van der Waals surface area contributed by atoms with Gasteiger partial charge in [0.25, 0.3) is 11.6 Å². The van der Waals surface area contributed by atoms with E-state index in [2.05, 4.69) is 5.32 Å². The quantitative estimate of drug-likeness (QED) is 0.265. The molecule has 0 spiro atoms. The van der Waals surface area contributed by atoms with Gasteiger partial charge < -0.3 is 9.73 Å². The van der Waals surface area contributed by atoms with Crippen LogP contribution in [0.5, 0.6) is 0 Å². The molecule has 2 aromatic carbocycles. The van der Waals surface area contributed by atoms with Gasteiger partial charge in [-0.25, -0.2) is 0 Å². The molecule has 0 atom stereocenters. The summed E-state index contributed by atoms with van der Waals surface area (Å²) in [7, 11) is 0. The standard InChI is InChI=1S/C21H14ClN3O4/c1-13-10-17(25(27)28)6-8-19(13)20-9-7-18(29-20)11-14(12-23)21(26)24-16-4-2-15(22)3-5-16/h2-11H,1H3,(H,24,26). The van der Waals surface area contributed by atoms with E-state index >= 15 is 0 Å². The van der Waals surface area contributed by atoms with Gasteiger partial charge in [-0.15, -0.1) is 0 Å². The van der Waals surface area contributed by atoms with Gasteiger partial charge in [-0.1, -0.05) is 11.6 Å². The van der Waals surface area contributed by atoms with Crippen molar-refractivity contribution in [3.8, 4) is 17.4 Å². The number of aryl methyl sites for hydroxylation is 1. The van der Waals surface area contributed by atoms with Crippen LogP contribution in [0.1, 0.15) is 11.3 Å². The van der Waals surface area contributed by atoms with Crippen molar-refractivity contribution < 1.29 is 14.1 Å². The van der Waals surface area contributed by atoms with E-state index in [1.807, 2.05) is 6.07 Å². The average Bonchev–Trinajstić information content (AvgIpc) is 3.16. The molecule has 1 heterocycles. The largest absolute Gasteiger partial charge is 0.457 e. The zero-order valence-corrected chi connectivity index (χ0v) is 15.9. The van der Waals surface area contributed by atoms with Crippen LogP contribution in [-0.4, -0.2) is 10.8 Å². The average molecular weight is 408 g/mol. The lowest BCUT2D eigenvalue weighted by molar-refractivity contribution is -0.384. The van der Waals surface area contributed by atoms with Gasteiger partial charge in [0.2, 0.25) is 0 Å². The van der Waals surface area contributed by atoms with Crippen LogP contribution in [0, 0.1) is 28.4 Å². The van der Waals surface area contributed by atoms with Crippen LogP contribution in [-0.2, 0) is 4.79 Å². The molecule has 0 saturated heterocycles. The van der Waals surface area contributed by atoms with Gasteiger partial charge in [-0.3, -0.25) is 14.9 Å². The van der Waals surface area contributed by atoms with Crippen molar-refractivity contribution in [2.45, 2.75) is 6.92 Å². The number of anilines is 1. The van der Waals surface area contributed by atoms with E-state index in [0.29, 0.717) is 33.4 Å². The first-order chi connectivity index (χ1) is 13.9. The van der Waals surface area contributed by atoms with E-state index in [0.717, 1.165) is 0 Å². The third-order valence-electron chi connectivity index (χ3n) is 4.07. The first-order valence-electron chi connectivity index (χ1n) is 8.41. The molecule has 0 unspecified atom stereocenters. The van der Waals surface area contributed by atoms with Crippen molar-refractivity contribution in [2.24, 2.45) is 0 Å². The second-order valence-electron chi connectivity index (χ2n) is 6.09. The molecule has 0 saturated carbocycles. The predicted octanol–water partition coefficient (Wildman–Crippen LogP) is 5.36. The van der Waals surface area contributed by atoms with E-state index in [9.17, 15) is 20.2 Å². The fourth-order valence-electron chi connectivity index (χ4n) is 2.64. The number of amides is 1. The minimum absolute atomic E-state index is 0.0106. The lowest BCUT2D eigenvalue weighted by Gasteiger charge is -2.04. The van der Waals surface area contributed by atoms with Crippen LogP contribution in [0.25, 0.3) is 17.4 Å².